The van der Waals surface area contributed by atoms with E-state index < -0.39 is 5.67 Å². The van der Waals surface area contributed by atoms with E-state index in [1.165, 1.54) is 6.92 Å². The largest absolute Gasteiger partial charge is 0.374 e. The van der Waals surface area contributed by atoms with Crippen LogP contribution >= 0.6 is 0 Å². The van der Waals surface area contributed by atoms with E-state index in [4.69, 9.17) is 4.74 Å². The summed E-state index contributed by atoms with van der Waals surface area (Å²) in [4.78, 5) is 11.0. The molecule has 3 heteroatoms. The molecule has 0 unspecified atom stereocenters. The first-order chi connectivity index (χ1) is 6.62. The molecule has 0 radical (unpaired) electrons. The van der Waals surface area contributed by atoms with Gasteiger partial charge in [0.05, 0.1) is 13.2 Å². The minimum atomic E-state index is -1.34. The Morgan fingerprint density at radius 2 is 1.93 bits per heavy atom. The minimum Gasteiger partial charge on any atom is -0.374 e. The topological polar surface area (TPSA) is 26.3 Å². The molecule has 0 saturated carbocycles. The fraction of sp³-hybridized carbons (Fsp3) is 0.364. The number of alkyl halides is 1. The molecule has 74 valence electrons. The van der Waals surface area contributed by atoms with Gasteiger partial charge in [0, 0.05) is 5.56 Å². The standard InChI is InChI=1S/C11H11FO2/c1-8(13)9-2-4-10(5-3-9)11(12)6-14-7-11/h2-5H,6-7H2,1H3. The lowest BCUT2D eigenvalue weighted by Gasteiger charge is -2.34. The Morgan fingerprint density at radius 3 is 2.29 bits per heavy atom. The van der Waals surface area contributed by atoms with Crippen molar-refractivity contribution in [3.8, 4) is 0 Å². The highest BCUT2D eigenvalue weighted by Crippen LogP contribution is 2.33. The van der Waals surface area contributed by atoms with E-state index in [1.54, 1.807) is 24.3 Å². The molecule has 1 heterocycles. The number of carbonyl (C=O) groups is 1. The number of carbonyl (C=O) groups excluding carboxylic acids is 1. The molecule has 1 aromatic rings. The van der Waals surface area contributed by atoms with Gasteiger partial charge in [-0.15, -0.1) is 0 Å². The van der Waals surface area contributed by atoms with Crippen molar-refractivity contribution in [2.24, 2.45) is 0 Å². The van der Waals surface area contributed by atoms with E-state index in [0.29, 0.717) is 11.1 Å². The summed E-state index contributed by atoms with van der Waals surface area (Å²) in [5.41, 5.74) is -0.138. The molecular formula is C11H11FO2. The van der Waals surface area contributed by atoms with Gasteiger partial charge >= 0.3 is 0 Å². The van der Waals surface area contributed by atoms with Crippen molar-refractivity contribution in [2.45, 2.75) is 12.6 Å². The third-order valence-electron chi connectivity index (χ3n) is 2.47. The number of rotatable bonds is 2. The first kappa shape index (κ1) is 9.34. The van der Waals surface area contributed by atoms with E-state index >= 15 is 0 Å². The highest BCUT2D eigenvalue weighted by molar-refractivity contribution is 5.94. The zero-order valence-corrected chi connectivity index (χ0v) is 7.92. The Bertz CT molecular complexity index is 352. The van der Waals surface area contributed by atoms with Crippen LogP contribution in [0.25, 0.3) is 0 Å². The quantitative estimate of drug-likeness (QED) is 0.674. The summed E-state index contributed by atoms with van der Waals surface area (Å²) < 4.78 is 18.6. The number of Topliss-reactive ketones (excluding diaryl/α,β-unsaturated/α-hetero) is 1. The van der Waals surface area contributed by atoms with Crippen LogP contribution in [0.15, 0.2) is 24.3 Å². The molecule has 1 aliphatic rings. The van der Waals surface area contributed by atoms with E-state index in [1.807, 2.05) is 0 Å². The predicted molar refractivity (Wildman–Crippen MR) is 50.1 cm³/mol. The lowest BCUT2D eigenvalue weighted by atomic mass is 9.93. The predicted octanol–water partition coefficient (Wildman–Crippen LogP) is 2.08. The Labute approximate surface area is 81.7 Å². The van der Waals surface area contributed by atoms with Crippen LogP contribution in [0, 0.1) is 0 Å². The number of benzene rings is 1. The highest BCUT2D eigenvalue weighted by atomic mass is 19.1. The van der Waals surface area contributed by atoms with Gasteiger partial charge in [-0.3, -0.25) is 4.79 Å². The summed E-state index contributed by atoms with van der Waals surface area (Å²) in [5, 5.41) is 0. The van der Waals surface area contributed by atoms with Crippen LogP contribution in [0.1, 0.15) is 22.8 Å². The smallest absolute Gasteiger partial charge is 0.182 e. The zero-order chi connectivity index (χ0) is 10.2. The Balaban J connectivity index is 2.25. The van der Waals surface area contributed by atoms with Gasteiger partial charge in [0.2, 0.25) is 0 Å². The van der Waals surface area contributed by atoms with Crippen molar-refractivity contribution in [1.82, 2.24) is 0 Å². The second kappa shape index (κ2) is 3.17. The van der Waals surface area contributed by atoms with Crippen molar-refractivity contribution < 1.29 is 13.9 Å². The molecule has 14 heavy (non-hydrogen) atoms. The third-order valence-corrected chi connectivity index (χ3v) is 2.47. The SMILES string of the molecule is CC(=O)c1ccc(C2(F)COC2)cc1. The molecule has 0 spiro atoms. The second-order valence-corrected chi connectivity index (χ2v) is 3.59. The molecule has 2 rings (SSSR count). The van der Waals surface area contributed by atoms with Gasteiger partial charge in [0.1, 0.15) is 0 Å². The summed E-state index contributed by atoms with van der Waals surface area (Å²) >= 11 is 0. The molecular weight excluding hydrogens is 183 g/mol. The maximum Gasteiger partial charge on any atom is 0.182 e. The zero-order valence-electron chi connectivity index (χ0n) is 7.92. The van der Waals surface area contributed by atoms with E-state index in [0.717, 1.165) is 0 Å². The molecule has 1 aromatic carbocycles. The second-order valence-electron chi connectivity index (χ2n) is 3.59. The summed E-state index contributed by atoms with van der Waals surface area (Å²) in [6.07, 6.45) is 0. The molecule has 2 nitrogen and oxygen atoms in total. The average Bonchev–Trinajstić information content (AvgIpc) is 2.14. The normalized spacial score (nSPS) is 18.7. The number of ketones is 1. The van der Waals surface area contributed by atoms with Gasteiger partial charge in [-0.25, -0.2) is 4.39 Å². The molecule has 0 N–H and O–H groups in total. The summed E-state index contributed by atoms with van der Waals surface area (Å²) in [6.45, 7) is 1.73. The minimum absolute atomic E-state index is 0.00526. The maximum atomic E-state index is 13.8. The van der Waals surface area contributed by atoms with Crippen molar-refractivity contribution in [2.75, 3.05) is 13.2 Å². The van der Waals surface area contributed by atoms with Crippen molar-refractivity contribution in [3.63, 3.8) is 0 Å². The van der Waals surface area contributed by atoms with E-state index in [9.17, 15) is 9.18 Å². The Kier molecular flexibility index (Phi) is 2.11. The van der Waals surface area contributed by atoms with Gasteiger partial charge in [-0.2, -0.15) is 0 Å². The molecule has 1 aliphatic heterocycles. The van der Waals surface area contributed by atoms with Crippen LogP contribution < -0.4 is 0 Å². The maximum absolute atomic E-state index is 13.8. The molecule has 0 bridgehead atoms. The highest BCUT2D eigenvalue weighted by Gasteiger charge is 2.40. The van der Waals surface area contributed by atoms with Crippen molar-refractivity contribution in [3.05, 3.63) is 35.4 Å². The lowest BCUT2D eigenvalue weighted by molar-refractivity contribution is -0.135. The molecule has 1 saturated heterocycles. The van der Waals surface area contributed by atoms with Crippen molar-refractivity contribution >= 4 is 5.78 Å². The van der Waals surface area contributed by atoms with Crippen LogP contribution in [0.3, 0.4) is 0 Å². The van der Waals surface area contributed by atoms with Gasteiger partial charge < -0.3 is 4.74 Å². The monoisotopic (exact) mass is 194 g/mol. The average molecular weight is 194 g/mol. The molecule has 0 atom stereocenters. The summed E-state index contributed by atoms with van der Waals surface area (Å²) in [7, 11) is 0. The van der Waals surface area contributed by atoms with Gasteiger partial charge in [0.15, 0.2) is 11.5 Å². The number of hydrogen-bond acceptors (Lipinski definition) is 2. The Morgan fingerprint density at radius 1 is 1.36 bits per heavy atom. The first-order valence-corrected chi connectivity index (χ1v) is 4.50. The van der Waals surface area contributed by atoms with Gasteiger partial charge in [-0.05, 0) is 12.5 Å². The molecule has 0 aromatic heterocycles. The number of halogens is 1. The molecule has 0 amide bonds. The fourth-order valence-corrected chi connectivity index (χ4v) is 1.45. The Hall–Kier alpha value is -1.22. The van der Waals surface area contributed by atoms with Crippen LogP contribution in [0.5, 0.6) is 0 Å². The number of hydrogen-bond donors (Lipinski definition) is 0. The van der Waals surface area contributed by atoms with E-state index in [-0.39, 0.29) is 19.0 Å². The number of ether oxygens (including phenoxy) is 1. The van der Waals surface area contributed by atoms with Gasteiger partial charge in [-0.1, -0.05) is 24.3 Å². The molecule has 1 fully saturated rings. The van der Waals surface area contributed by atoms with Crippen molar-refractivity contribution in [1.29, 1.82) is 0 Å². The summed E-state index contributed by atoms with van der Waals surface area (Å²) in [5.74, 6) is -0.00526. The third kappa shape index (κ3) is 1.44. The first-order valence-electron chi connectivity index (χ1n) is 4.50. The molecule has 0 aliphatic carbocycles. The van der Waals surface area contributed by atoms with Crippen LogP contribution in [0.2, 0.25) is 0 Å². The van der Waals surface area contributed by atoms with Crippen LogP contribution in [-0.4, -0.2) is 19.0 Å². The van der Waals surface area contributed by atoms with E-state index in [2.05, 4.69) is 0 Å². The van der Waals surface area contributed by atoms with Gasteiger partial charge in [0.25, 0.3) is 0 Å². The summed E-state index contributed by atoms with van der Waals surface area (Å²) in [6, 6.07) is 6.60. The van der Waals surface area contributed by atoms with Crippen LogP contribution in [0.4, 0.5) is 4.39 Å². The lowest BCUT2D eigenvalue weighted by Crippen LogP contribution is -2.42. The van der Waals surface area contributed by atoms with Crippen LogP contribution in [-0.2, 0) is 10.4 Å². The fourth-order valence-electron chi connectivity index (χ4n) is 1.45.